The van der Waals surface area contributed by atoms with Crippen molar-refractivity contribution in [2.24, 2.45) is 0 Å². The molecule has 2 amide bonds. The van der Waals surface area contributed by atoms with E-state index in [-0.39, 0.29) is 17.0 Å². The Morgan fingerprint density at radius 1 is 0.971 bits per heavy atom. The van der Waals surface area contributed by atoms with Gasteiger partial charge in [-0.3, -0.25) is 9.59 Å². The number of methoxy groups -OCH3 is 2. The van der Waals surface area contributed by atoms with Crippen LogP contribution in [0, 0.1) is 0 Å². The lowest BCUT2D eigenvalue weighted by Crippen LogP contribution is -2.30. The summed E-state index contributed by atoms with van der Waals surface area (Å²) in [4.78, 5) is 38.6. The zero-order chi connectivity index (χ0) is 24.7. The Morgan fingerprint density at radius 2 is 1.65 bits per heavy atom. The van der Waals surface area contributed by atoms with Crippen LogP contribution in [0.4, 0.5) is 11.4 Å². The van der Waals surface area contributed by atoms with Crippen LogP contribution in [0.25, 0.3) is 0 Å². The van der Waals surface area contributed by atoms with Crippen molar-refractivity contribution in [1.82, 2.24) is 0 Å². The number of aryl methyl sites for hydroxylation is 1. The second-order valence-electron chi connectivity index (χ2n) is 7.27. The number of anilines is 2. The Morgan fingerprint density at radius 3 is 2.24 bits per heavy atom. The second kappa shape index (κ2) is 11.3. The summed E-state index contributed by atoms with van der Waals surface area (Å²) in [6.45, 7) is 3.51. The number of ether oxygens (including phenoxy) is 3. The van der Waals surface area contributed by atoms with Gasteiger partial charge in [0.25, 0.3) is 11.8 Å². The number of rotatable bonds is 9. The molecule has 34 heavy (non-hydrogen) atoms. The summed E-state index contributed by atoms with van der Waals surface area (Å²) in [6, 6.07) is 13.7. The molecule has 0 aliphatic heterocycles. The van der Waals surface area contributed by atoms with Crippen molar-refractivity contribution in [2.75, 3.05) is 24.9 Å². The predicted octanol–water partition coefficient (Wildman–Crippen LogP) is 4.76. The third-order valence-electron chi connectivity index (χ3n) is 5.02. The van der Waals surface area contributed by atoms with E-state index in [4.69, 9.17) is 14.2 Å². The number of esters is 1. The smallest absolute Gasteiger partial charge is 0.341 e. The van der Waals surface area contributed by atoms with E-state index in [1.54, 1.807) is 29.6 Å². The zero-order valence-electron chi connectivity index (χ0n) is 19.3. The first-order valence-corrected chi connectivity index (χ1v) is 11.5. The molecule has 3 aromatic rings. The van der Waals surface area contributed by atoms with E-state index in [0.717, 1.165) is 12.0 Å². The van der Waals surface area contributed by atoms with Gasteiger partial charge in [0.05, 0.1) is 30.3 Å². The summed E-state index contributed by atoms with van der Waals surface area (Å²) in [7, 11) is 2.87. The van der Waals surface area contributed by atoms with E-state index in [0.29, 0.717) is 16.3 Å². The van der Waals surface area contributed by atoms with E-state index in [2.05, 4.69) is 10.6 Å². The fraction of sp³-hybridized carbons (Fsp3) is 0.240. The van der Waals surface area contributed by atoms with E-state index in [1.807, 2.05) is 19.1 Å². The molecule has 3 rings (SSSR count). The highest BCUT2D eigenvalue weighted by Gasteiger charge is 2.24. The van der Waals surface area contributed by atoms with Gasteiger partial charge >= 0.3 is 5.97 Å². The highest BCUT2D eigenvalue weighted by molar-refractivity contribution is 7.12. The SMILES string of the molecule is CCc1ccc(NC(=O)C(C)OC(=O)c2cc(OC)c(OC)cc2NC(=O)c2cccs2)cc1. The highest BCUT2D eigenvalue weighted by atomic mass is 32.1. The van der Waals surface area contributed by atoms with Crippen LogP contribution in [0.3, 0.4) is 0 Å². The maximum atomic E-state index is 13.0. The largest absolute Gasteiger partial charge is 0.493 e. The molecule has 2 aromatic carbocycles. The summed E-state index contributed by atoms with van der Waals surface area (Å²) < 4.78 is 16.0. The molecule has 0 bridgehead atoms. The van der Waals surface area contributed by atoms with Gasteiger partial charge in [-0.15, -0.1) is 11.3 Å². The minimum Gasteiger partial charge on any atom is -0.493 e. The van der Waals surface area contributed by atoms with E-state index < -0.39 is 23.9 Å². The molecule has 0 spiro atoms. The standard InChI is InChI=1S/C25H26N2O6S/c1-5-16-8-10-17(11-9-16)26-23(28)15(2)33-25(30)18-13-20(31-3)21(32-4)14-19(18)27-24(29)22-7-6-12-34-22/h6-15H,5H2,1-4H3,(H,26,28)(H,27,29). The van der Waals surface area contributed by atoms with Crippen LogP contribution < -0.4 is 20.1 Å². The van der Waals surface area contributed by atoms with Crippen LogP contribution in [-0.2, 0) is 16.0 Å². The number of carbonyl (C=O) groups is 3. The Kier molecular flexibility index (Phi) is 8.26. The molecule has 1 atom stereocenters. The summed E-state index contributed by atoms with van der Waals surface area (Å²) >= 11 is 1.26. The van der Waals surface area contributed by atoms with Crippen LogP contribution in [0.15, 0.2) is 53.9 Å². The fourth-order valence-corrected chi connectivity index (χ4v) is 3.71. The summed E-state index contributed by atoms with van der Waals surface area (Å²) in [6.07, 6.45) is -0.203. The van der Waals surface area contributed by atoms with Crippen molar-refractivity contribution < 1.29 is 28.6 Å². The molecule has 1 unspecified atom stereocenters. The summed E-state index contributed by atoms with van der Waals surface area (Å²) in [5.41, 5.74) is 1.93. The van der Waals surface area contributed by atoms with Crippen LogP contribution >= 0.6 is 11.3 Å². The van der Waals surface area contributed by atoms with Crippen LogP contribution in [0.1, 0.15) is 39.4 Å². The molecular weight excluding hydrogens is 456 g/mol. The van der Waals surface area contributed by atoms with Gasteiger partial charge in [-0.05, 0) is 42.5 Å². The normalized spacial score (nSPS) is 11.3. The molecule has 2 N–H and O–H groups in total. The molecule has 0 saturated heterocycles. The lowest BCUT2D eigenvalue weighted by Gasteiger charge is -2.17. The van der Waals surface area contributed by atoms with Crippen molar-refractivity contribution in [3.63, 3.8) is 0 Å². The van der Waals surface area contributed by atoms with Crippen molar-refractivity contribution in [3.05, 3.63) is 69.9 Å². The van der Waals surface area contributed by atoms with Gasteiger partial charge in [0.1, 0.15) is 0 Å². The quantitative estimate of drug-likeness (QED) is 0.426. The molecule has 0 aliphatic rings. The lowest BCUT2D eigenvalue weighted by atomic mass is 10.1. The van der Waals surface area contributed by atoms with E-state index in [1.165, 1.54) is 44.6 Å². The van der Waals surface area contributed by atoms with E-state index >= 15 is 0 Å². The Hall–Kier alpha value is -3.85. The first kappa shape index (κ1) is 24.8. The molecule has 0 fully saturated rings. The maximum absolute atomic E-state index is 13.0. The van der Waals surface area contributed by atoms with Crippen molar-refractivity contribution >= 4 is 40.5 Å². The van der Waals surface area contributed by atoms with Gasteiger partial charge in [-0.25, -0.2) is 4.79 Å². The zero-order valence-corrected chi connectivity index (χ0v) is 20.2. The fourth-order valence-electron chi connectivity index (χ4n) is 3.09. The molecule has 9 heteroatoms. The average molecular weight is 483 g/mol. The number of hydrogen-bond acceptors (Lipinski definition) is 7. The third-order valence-corrected chi connectivity index (χ3v) is 5.89. The molecule has 0 saturated carbocycles. The topological polar surface area (TPSA) is 103 Å². The molecular formula is C25H26N2O6S. The van der Waals surface area contributed by atoms with Crippen molar-refractivity contribution in [1.29, 1.82) is 0 Å². The average Bonchev–Trinajstić information content (AvgIpc) is 3.39. The van der Waals surface area contributed by atoms with Gasteiger partial charge < -0.3 is 24.8 Å². The van der Waals surface area contributed by atoms with Gasteiger partial charge in [0.2, 0.25) is 0 Å². The molecule has 1 heterocycles. The Labute approximate surface area is 201 Å². The number of carbonyl (C=O) groups excluding carboxylic acids is 3. The minimum absolute atomic E-state index is 0.0227. The minimum atomic E-state index is -1.09. The van der Waals surface area contributed by atoms with Gasteiger partial charge in [-0.1, -0.05) is 25.1 Å². The molecule has 178 valence electrons. The maximum Gasteiger partial charge on any atom is 0.341 e. The molecule has 8 nitrogen and oxygen atoms in total. The predicted molar refractivity (Wildman–Crippen MR) is 131 cm³/mol. The highest BCUT2D eigenvalue weighted by Crippen LogP contribution is 2.34. The molecule has 1 aromatic heterocycles. The number of benzene rings is 2. The van der Waals surface area contributed by atoms with E-state index in [9.17, 15) is 14.4 Å². The van der Waals surface area contributed by atoms with Crippen LogP contribution in [0.2, 0.25) is 0 Å². The molecule has 0 radical (unpaired) electrons. The number of nitrogens with one attached hydrogen (secondary N) is 2. The lowest BCUT2D eigenvalue weighted by molar-refractivity contribution is -0.123. The monoisotopic (exact) mass is 482 g/mol. The molecule has 0 aliphatic carbocycles. The Balaban J connectivity index is 1.79. The second-order valence-corrected chi connectivity index (χ2v) is 8.22. The first-order valence-electron chi connectivity index (χ1n) is 10.6. The third kappa shape index (κ3) is 5.93. The Bertz CT molecular complexity index is 1160. The van der Waals surface area contributed by atoms with Crippen molar-refractivity contribution in [3.8, 4) is 11.5 Å². The van der Waals surface area contributed by atoms with Gasteiger partial charge in [0.15, 0.2) is 17.6 Å². The van der Waals surface area contributed by atoms with Crippen LogP contribution in [0.5, 0.6) is 11.5 Å². The number of thiophene rings is 1. The first-order chi connectivity index (χ1) is 16.4. The summed E-state index contributed by atoms with van der Waals surface area (Å²) in [5, 5.41) is 7.21. The summed E-state index contributed by atoms with van der Waals surface area (Å²) in [5.74, 6) is -1.08. The van der Waals surface area contributed by atoms with Gasteiger partial charge in [0, 0.05) is 17.8 Å². The van der Waals surface area contributed by atoms with Crippen molar-refractivity contribution in [2.45, 2.75) is 26.4 Å². The van der Waals surface area contributed by atoms with Gasteiger partial charge in [-0.2, -0.15) is 0 Å². The van der Waals surface area contributed by atoms with Crippen LogP contribution in [-0.4, -0.2) is 38.1 Å². The number of hydrogen-bond donors (Lipinski definition) is 2. The number of amides is 2.